The number of hydrogen-bond acceptors (Lipinski definition) is 6. The van der Waals surface area contributed by atoms with E-state index >= 15 is 0 Å². The fraction of sp³-hybridized carbons (Fsp3) is 0.333. The zero-order chi connectivity index (χ0) is 20.1. The molecule has 1 fully saturated rings. The molecular weight excluding hydrogens is 368 g/mol. The summed E-state index contributed by atoms with van der Waals surface area (Å²) in [5.74, 6) is 0.773. The van der Waals surface area contributed by atoms with Gasteiger partial charge < -0.3 is 4.90 Å². The van der Waals surface area contributed by atoms with Crippen LogP contribution in [0.2, 0.25) is 0 Å². The van der Waals surface area contributed by atoms with E-state index in [1.165, 1.54) is 21.5 Å². The van der Waals surface area contributed by atoms with Crippen molar-refractivity contribution < 1.29 is 0 Å². The summed E-state index contributed by atoms with van der Waals surface area (Å²) in [5.41, 5.74) is 0.332. The van der Waals surface area contributed by atoms with Gasteiger partial charge in [-0.05, 0) is 24.6 Å². The van der Waals surface area contributed by atoms with Crippen LogP contribution in [-0.4, -0.2) is 57.0 Å². The summed E-state index contributed by atoms with van der Waals surface area (Å²) in [6.45, 7) is 4.97. The van der Waals surface area contributed by atoms with Crippen molar-refractivity contribution in [2.45, 2.75) is 13.0 Å². The number of benzene rings is 1. The third-order valence-corrected chi connectivity index (χ3v) is 5.13. The zero-order valence-corrected chi connectivity index (χ0v) is 16.2. The van der Waals surface area contributed by atoms with E-state index in [-0.39, 0.29) is 11.1 Å². The van der Waals surface area contributed by atoms with Gasteiger partial charge in [0.05, 0.1) is 5.69 Å². The highest BCUT2D eigenvalue weighted by Crippen LogP contribution is 2.10. The number of piperazine rings is 1. The second-order valence-corrected chi connectivity index (χ2v) is 7.01. The highest BCUT2D eigenvalue weighted by atomic mass is 16.2. The lowest BCUT2D eigenvalue weighted by Gasteiger charge is -2.34. The first-order valence-corrected chi connectivity index (χ1v) is 9.85. The van der Waals surface area contributed by atoms with Gasteiger partial charge in [-0.2, -0.15) is 0 Å². The second kappa shape index (κ2) is 8.83. The molecule has 8 heteroatoms. The summed E-state index contributed by atoms with van der Waals surface area (Å²) < 4.78 is 3.00. The van der Waals surface area contributed by atoms with Gasteiger partial charge in [0.25, 0.3) is 11.1 Å². The Morgan fingerprint density at radius 2 is 1.45 bits per heavy atom. The standard InChI is InChI=1S/C21H24N6O2/c28-19-8-9-20(29)27(18-6-2-1-3-7-18)26(19)13-5-12-24-14-16-25(17-15-24)21-22-10-4-11-23-21/h1-4,6-11H,5,12-17H2. The number of nitrogens with zero attached hydrogens (tertiary/aromatic N) is 6. The Bertz CT molecular complexity index is 1040. The molecule has 1 saturated heterocycles. The lowest BCUT2D eigenvalue weighted by Crippen LogP contribution is -2.47. The molecule has 3 heterocycles. The molecule has 150 valence electrons. The normalized spacial score (nSPS) is 14.8. The lowest BCUT2D eigenvalue weighted by molar-refractivity contribution is 0.245. The Kier molecular flexibility index (Phi) is 5.81. The van der Waals surface area contributed by atoms with Crippen LogP contribution in [0.25, 0.3) is 5.69 Å². The fourth-order valence-electron chi connectivity index (χ4n) is 3.63. The van der Waals surface area contributed by atoms with Crippen molar-refractivity contribution in [3.63, 3.8) is 0 Å². The van der Waals surface area contributed by atoms with E-state index in [4.69, 9.17) is 0 Å². The van der Waals surface area contributed by atoms with Gasteiger partial charge in [0.1, 0.15) is 0 Å². The van der Waals surface area contributed by atoms with Gasteiger partial charge in [-0.1, -0.05) is 18.2 Å². The van der Waals surface area contributed by atoms with Crippen molar-refractivity contribution in [3.05, 3.63) is 81.6 Å². The number of hydrogen-bond donors (Lipinski definition) is 0. The highest BCUT2D eigenvalue weighted by molar-refractivity contribution is 5.30. The van der Waals surface area contributed by atoms with E-state index in [0.717, 1.165) is 45.1 Å². The minimum Gasteiger partial charge on any atom is -0.338 e. The van der Waals surface area contributed by atoms with Crippen molar-refractivity contribution in [2.75, 3.05) is 37.6 Å². The van der Waals surface area contributed by atoms with Crippen molar-refractivity contribution in [1.82, 2.24) is 24.2 Å². The minimum absolute atomic E-state index is 0.167. The molecule has 1 aromatic carbocycles. The summed E-state index contributed by atoms with van der Waals surface area (Å²) in [4.78, 5) is 38.0. The summed E-state index contributed by atoms with van der Waals surface area (Å²) >= 11 is 0. The van der Waals surface area contributed by atoms with Gasteiger partial charge in [-0.3, -0.25) is 14.5 Å². The molecule has 0 radical (unpaired) electrons. The molecule has 0 atom stereocenters. The maximum absolute atomic E-state index is 12.4. The molecule has 0 spiro atoms. The van der Waals surface area contributed by atoms with E-state index in [9.17, 15) is 9.59 Å². The Balaban J connectivity index is 1.38. The van der Waals surface area contributed by atoms with Crippen molar-refractivity contribution in [3.8, 4) is 5.69 Å². The molecule has 2 aromatic heterocycles. The minimum atomic E-state index is -0.202. The van der Waals surface area contributed by atoms with E-state index < -0.39 is 0 Å². The maximum atomic E-state index is 12.4. The molecule has 29 heavy (non-hydrogen) atoms. The number of rotatable bonds is 6. The number of anilines is 1. The fourth-order valence-corrected chi connectivity index (χ4v) is 3.63. The molecule has 1 aliphatic heterocycles. The van der Waals surface area contributed by atoms with E-state index in [0.29, 0.717) is 12.2 Å². The Morgan fingerprint density at radius 3 is 2.17 bits per heavy atom. The smallest absolute Gasteiger partial charge is 0.270 e. The van der Waals surface area contributed by atoms with Crippen LogP contribution >= 0.6 is 0 Å². The van der Waals surface area contributed by atoms with Gasteiger partial charge in [0.2, 0.25) is 5.95 Å². The molecule has 0 unspecified atom stereocenters. The van der Waals surface area contributed by atoms with Crippen molar-refractivity contribution in [2.24, 2.45) is 0 Å². The largest absolute Gasteiger partial charge is 0.338 e. The third-order valence-electron chi connectivity index (χ3n) is 5.13. The third kappa shape index (κ3) is 4.43. The van der Waals surface area contributed by atoms with Crippen LogP contribution in [0.15, 0.2) is 70.5 Å². The molecular formula is C21H24N6O2. The summed E-state index contributed by atoms with van der Waals surface area (Å²) in [6.07, 6.45) is 4.31. The quantitative estimate of drug-likeness (QED) is 0.623. The average molecular weight is 392 g/mol. The van der Waals surface area contributed by atoms with Gasteiger partial charge in [0, 0.05) is 63.8 Å². The Labute approximate surface area is 168 Å². The molecule has 4 rings (SSSR count). The topological polar surface area (TPSA) is 76.3 Å². The van der Waals surface area contributed by atoms with Gasteiger partial charge >= 0.3 is 0 Å². The number of para-hydroxylation sites is 1. The van der Waals surface area contributed by atoms with E-state index in [1.54, 1.807) is 12.4 Å². The highest BCUT2D eigenvalue weighted by Gasteiger charge is 2.18. The first-order valence-electron chi connectivity index (χ1n) is 9.85. The van der Waals surface area contributed by atoms with Crippen LogP contribution in [0.4, 0.5) is 5.95 Å². The Morgan fingerprint density at radius 1 is 0.759 bits per heavy atom. The molecule has 0 bridgehead atoms. The first-order chi connectivity index (χ1) is 14.2. The molecule has 0 amide bonds. The molecule has 1 aliphatic rings. The maximum Gasteiger partial charge on any atom is 0.270 e. The number of aromatic nitrogens is 4. The van der Waals surface area contributed by atoms with Crippen LogP contribution in [0.5, 0.6) is 0 Å². The van der Waals surface area contributed by atoms with Crippen molar-refractivity contribution >= 4 is 5.95 Å². The zero-order valence-electron chi connectivity index (χ0n) is 16.2. The van der Waals surface area contributed by atoms with Crippen LogP contribution in [0.3, 0.4) is 0 Å². The molecule has 0 aliphatic carbocycles. The predicted molar refractivity (Wildman–Crippen MR) is 112 cm³/mol. The van der Waals surface area contributed by atoms with Gasteiger partial charge in [0.15, 0.2) is 0 Å². The summed E-state index contributed by atoms with van der Waals surface area (Å²) in [5, 5.41) is 0. The second-order valence-electron chi connectivity index (χ2n) is 7.01. The first kappa shape index (κ1) is 19.1. The van der Waals surface area contributed by atoms with Crippen LogP contribution < -0.4 is 16.0 Å². The molecule has 0 saturated carbocycles. The van der Waals surface area contributed by atoms with Crippen LogP contribution in [0, 0.1) is 0 Å². The monoisotopic (exact) mass is 392 g/mol. The van der Waals surface area contributed by atoms with Crippen LogP contribution in [0.1, 0.15) is 6.42 Å². The molecule has 8 nitrogen and oxygen atoms in total. The van der Waals surface area contributed by atoms with Gasteiger partial charge in [-0.15, -0.1) is 0 Å². The Hall–Kier alpha value is -3.26. The van der Waals surface area contributed by atoms with E-state index in [2.05, 4.69) is 19.8 Å². The summed E-state index contributed by atoms with van der Waals surface area (Å²) in [7, 11) is 0. The molecule has 3 aromatic rings. The lowest BCUT2D eigenvalue weighted by atomic mass is 10.3. The van der Waals surface area contributed by atoms with Crippen LogP contribution in [-0.2, 0) is 6.54 Å². The average Bonchev–Trinajstić information content (AvgIpc) is 2.78. The molecule has 0 N–H and O–H groups in total. The summed E-state index contributed by atoms with van der Waals surface area (Å²) in [6, 6.07) is 13.8. The SMILES string of the molecule is O=c1ccc(=O)n(-c2ccccc2)n1CCCN1CCN(c2ncccn2)CC1. The van der Waals surface area contributed by atoms with Crippen molar-refractivity contribution in [1.29, 1.82) is 0 Å². The van der Waals surface area contributed by atoms with E-state index in [1.807, 2.05) is 36.4 Å². The predicted octanol–water partition coefficient (Wildman–Crippen LogP) is 1.00. The van der Waals surface area contributed by atoms with Gasteiger partial charge in [-0.25, -0.2) is 19.3 Å².